The van der Waals surface area contributed by atoms with Crippen molar-refractivity contribution in [2.75, 3.05) is 29.9 Å². The van der Waals surface area contributed by atoms with Crippen LogP contribution in [0.2, 0.25) is 0 Å². The van der Waals surface area contributed by atoms with Gasteiger partial charge in [0.1, 0.15) is 17.4 Å². The van der Waals surface area contributed by atoms with Gasteiger partial charge < -0.3 is 25.2 Å². The number of aliphatic hydroxyl groups excluding tert-OH is 1. The van der Waals surface area contributed by atoms with Gasteiger partial charge in [-0.05, 0) is 59.2 Å². The molecule has 0 spiro atoms. The minimum atomic E-state index is -0.624. The van der Waals surface area contributed by atoms with Crippen molar-refractivity contribution in [3.05, 3.63) is 30.9 Å². The van der Waals surface area contributed by atoms with E-state index in [1.807, 2.05) is 34.0 Å². The van der Waals surface area contributed by atoms with Crippen LogP contribution in [0.15, 0.2) is 30.9 Å². The van der Waals surface area contributed by atoms with Gasteiger partial charge in [-0.1, -0.05) is 0 Å². The number of aliphatic hydroxyl groups is 1. The van der Waals surface area contributed by atoms with Crippen molar-refractivity contribution < 1.29 is 9.90 Å². The molecule has 3 N–H and O–H groups in total. The largest absolute Gasteiger partial charge is 0.391 e. The van der Waals surface area contributed by atoms with Crippen molar-refractivity contribution in [1.29, 1.82) is 0 Å². The minimum Gasteiger partial charge on any atom is -0.391 e. The Morgan fingerprint density at radius 3 is 2.78 bits per heavy atom. The quantitative estimate of drug-likeness (QED) is 0.457. The molecule has 2 aliphatic heterocycles. The van der Waals surface area contributed by atoms with Gasteiger partial charge in [-0.2, -0.15) is 4.98 Å². The van der Waals surface area contributed by atoms with E-state index in [0.717, 1.165) is 31.4 Å². The summed E-state index contributed by atoms with van der Waals surface area (Å²) in [4.78, 5) is 26.9. The molecule has 0 saturated carbocycles. The van der Waals surface area contributed by atoms with Crippen LogP contribution in [0.3, 0.4) is 0 Å². The number of rotatable bonds is 7. The molecule has 5 rings (SSSR count). The van der Waals surface area contributed by atoms with Crippen LogP contribution in [-0.2, 0) is 4.79 Å². The van der Waals surface area contributed by atoms with Crippen LogP contribution in [0.25, 0.3) is 5.52 Å². The number of fused-ring (bicyclic) bond motifs is 1. The first kappa shape index (κ1) is 24.5. The van der Waals surface area contributed by atoms with Crippen LogP contribution in [0, 0.1) is 0 Å². The standard InChI is InChI=1S/C25H37N9O2/c1-16(2)31-9-5-7-18(12-31)27-24(36)21-11-19(35)13-33(21)25-29-23(20-8-6-10-34(20)30-25)28-22-14-32(15-26-22)17(3)4/h6,8,10,14-19,21,35H,5,7,9,11-13H2,1-4H3,(H,27,36)(H,28,29,30)/t18?,19-,21?/m0/s1. The van der Waals surface area contributed by atoms with Gasteiger partial charge in [0.2, 0.25) is 11.9 Å². The van der Waals surface area contributed by atoms with E-state index in [2.05, 4.69) is 53.3 Å². The van der Waals surface area contributed by atoms with Gasteiger partial charge >= 0.3 is 0 Å². The number of anilines is 3. The summed E-state index contributed by atoms with van der Waals surface area (Å²) in [7, 11) is 0. The lowest BCUT2D eigenvalue weighted by molar-refractivity contribution is -0.123. The highest BCUT2D eigenvalue weighted by atomic mass is 16.3. The summed E-state index contributed by atoms with van der Waals surface area (Å²) in [6, 6.07) is 4.15. The molecule has 0 aromatic carbocycles. The predicted molar refractivity (Wildman–Crippen MR) is 139 cm³/mol. The molecule has 2 saturated heterocycles. The lowest BCUT2D eigenvalue weighted by Crippen LogP contribution is -2.53. The molecule has 3 aromatic heterocycles. The van der Waals surface area contributed by atoms with E-state index >= 15 is 0 Å². The topological polar surface area (TPSA) is 116 Å². The highest BCUT2D eigenvalue weighted by molar-refractivity contribution is 5.86. The maximum Gasteiger partial charge on any atom is 0.246 e. The number of β-amino-alcohol motifs (C(OH)–C–C–N with tert-alkyl or cyclic N) is 1. The normalized spacial score (nSPS) is 23.2. The maximum absolute atomic E-state index is 13.4. The lowest BCUT2D eigenvalue weighted by Gasteiger charge is -2.36. The fraction of sp³-hybridized carbons (Fsp3) is 0.600. The predicted octanol–water partition coefficient (Wildman–Crippen LogP) is 2.18. The van der Waals surface area contributed by atoms with Crippen molar-refractivity contribution in [1.82, 2.24) is 34.4 Å². The van der Waals surface area contributed by atoms with E-state index in [1.165, 1.54) is 0 Å². The molecule has 11 heteroatoms. The summed E-state index contributed by atoms with van der Waals surface area (Å²) >= 11 is 0. The van der Waals surface area contributed by atoms with E-state index < -0.39 is 12.1 Å². The van der Waals surface area contributed by atoms with E-state index in [-0.39, 0.29) is 11.9 Å². The molecule has 36 heavy (non-hydrogen) atoms. The Kier molecular flexibility index (Phi) is 6.85. The van der Waals surface area contributed by atoms with E-state index in [0.29, 0.717) is 42.6 Å². The van der Waals surface area contributed by atoms with Crippen LogP contribution in [0.1, 0.15) is 53.0 Å². The average Bonchev–Trinajstić information content (AvgIpc) is 3.58. The van der Waals surface area contributed by atoms with Gasteiger partial charge in [0, 0.05) is 50.0 Å². The van der Waals surface area contributed by atoms with Crippen molar-refractivity contribution in [3.8, 4) is 0 Å². The molecule has 3 atom stereocenters. The summed E-state index contributed by atoms with van der Waals surface area (Å²) < 4.78 is 3.76. The Balaban J connectivity index is 1.38. The molecule has 3 aromatic rings. The van der Waals surface area contributed by atoms with Gasteiger partial charge in [-0.15, -0.1) is 5.10 Å². The highest BCUT2D eigenvalue weighted by Gasteiger charge is 2.39. The molecule has 0 bridgehead atoms. The summed E-state index contributed by atoms with van der Waals surface area (Å²) in [5.74, 6) is 1.59. The second-order valence-corrected chi connectivity index (χ2v) is 10.5. The molecular formula is C25H37N9O2. The fourth-order valence-electron chi connectivity index (χ4n) is 5.12. The van der Waals surface area contributed by atoms with Crippen LogP contribution >= 0.6 is 0 Å². The fourth-order valence-corrected chi connectivity index (χ4v) is 5.12. The zero-order valence-corrected chi connectivity index (χ0v) is 21.5. The third-order valence-corrected chi connectivity index (χ3v) is 7.19. The molecule has 1 amide bonds. The van der Waals surface area contributed by atoms with Gasteiger partial charge in [0.15, 0.2) is 5.82 Å². The van der Waals surface area contributed by atoms with Crippen molar-refractivity contribution in [2.45, 2.75) is 77.2 Å². The summed E-state index contributed by atoms with van der Waals surface area (Å²) in [6.07, 6.45) is 7.33. The average molecular weight is 496 g/mol. The van der Waals surface area contributed by atoms with Crippen LogP contribution in [0.4, 0.5) is 17.6 Å². The Labute approximate surface area is 211 Å². The van der Waals surface area contributed by atoms with Crippen molar-refractivity contribution >= 4 is 29.0 Å². The molecule has 194 valence electrons. The number of piperidine rings is 1. The number of imidazole rings is 1. The molecule has 2 unspecified atom stereocenters. The van der Waals surface area contributed by atoms with E-state index in [1.54, 1.807) is 10.8 Å². The number of nitrogens with zero attached hydrogens (tertiary/aromatic N) is 7. The summed E-state index contributed by atoms with van der Waals surface area (Å²) in [6.45, 7) is 10.8. The SMILES string of the molecule is CC(C)N1CCCC(NC(=O)C2C[C@H](O)CN2c2nc(Nc3cn(C(C)C)cn3)c3cccn3n2)C1. The number of nitrogens with one attached hydrogen (secondary N) is 2. The monoisotopic (exact) mass is 495 g/mol. The molecular weight excluding hydrogens is 458 g/mol. The van der Waals surface area contributed by atoms with Gasteiger partial charge in [0.25, 0.3) is 0 Å². The minimum absolute atomic E-state index is 0.0801. The Hall–Kier alpha value is -3.18. The third-order valence-electron chi connectivity index (χ3n) is 7.19. The summed E-state index contributed by atoms with van der Waals surface area (Å²) in [5.41, 5.74) is 0.801. The Morgan fingerprint density at radius 2 is 2.03 bits per heavy atom. The molecule has 2 aliphatic rings. The van der Waals surface area contributed by atoms with Gasteiger partial charge in [0.05, 0.1) is 12.4 Å². The second kappa shape index (κ2) is 10.1. The number of hydrogen-bond donors (Lipinski definition) is 3. The smallest absolute Gasteiger partial charge is 0.246 e. The van der Waals surface area contributed by atoms with Crippen molar-refractivity contribution in [3.63, 3.8) is 0 Å². The Bertz CT molecular complexity index is 1200. The second-order valence-electron chi connectivity index (χ2n) is 10.5. The lowest BCUT2D eigenvalue weighted by atomic mass is 10.0. The molecule has 11 nitrogen and oxygen atoms in total. The first-order chi connectivity index (χ1) is 17.3. The first-order valence-corrected chi connectivity index (χ1v) is 12.9. The highest BCUT2D eigenvalue weighted by Crippen LogP contribution is 2.27. The number of amides is 1. The van der Waals surface area contributed by atoms with Gasteiger partial charge in [-0.25, -0.2) is 9.50 Å². The molecule has 2 fully saturated rings. The zero-order valence-electron chi connectivity index (χ0n) is 21.5. The van der Waals surface area contributed by atoms with Crippen LogP contribution in [0.5, 0.6) is 0 Å². The maximum atomic E-state index is 13.4. The van der Waals surface area contributed by atoms with Crippen LogP contribution in [-0.4, -0.2) is 83.9 Å². The third kappa shape index (κ3) is 5.03. The zero-order chi connectivity index (χ0) is 25.4. The molecule has 0 aliphatic carbocycles. The number of carbonyl (C=O) groups is 1. The Morgan fingerprint density at radius 1 is 1.19 bits per heavy atom. The first-order valence-electron chi connectivity index (χ1n) is 12.9. The van der Waals surface area contributed by atoms with Gasteiger partial charge in [-0.3, -0.25) is 9.69 Å². The van der Waals surface area contributed by atoms with Crippen molar-refractivity contribution in [2.24, 2.45) is 0 Å². The number of carbonyl (C=O) groups excluding carboxylic acids is 1. The number of likely N-dealkylation sites (tertiary alicyclic amines) is 1. The van der Waals surface area contributed by atoms with E-state index in [4.69, 9.17) is 4.98 Å². The number of aromatic nitrogens is 5. The molecule has 0 radical (unpaired) electrons. The van der Waals surface area contributed by atoms with Crippen LogP contribution < -0.4 is 15.5 Å². The molecule has 5 heterocycles. The summed E-state index contributed by atoms with van der Waals surface area (Å²) in [5, 5.41) is 21.7. The van der Waals surface area contributed by atoms with E-state index in [9.17, 15) is 9.90 Å². The number of hydrogen-bond acceptors (Lipinski definition) is 8.